The van der Waals surface area contributed by atoms with Crippen molar-refractivity contribution in [1.29, 1.82) is 0 Å². The molecule has 0 unspecified atom stereocenters. The van der Waals surface area contributed by atoms with Gasteiger partial charge in [-0.3, -0.25) is 0 Å². The highest BCUT2D eigenvalue weighted by atomic mass is 35.5. The molecule has 0 amide bonds. The van der Waals surface area contributed by atoms with E-state index in [9.17, 15) is 0 Å². The predicted octanol–water partition coefficient (Wildman–Crippen LogP) is 6.14. The molecule has 3 aromatic rings. The number of halogens is 1. The zero-order chi connectivity index (χ0) is 16.2. The van der Waals surface area contributed by atoms with Gasteiger partial charge in [0.1, 0.15) is 5.82 Å². The monoisotopic (exact) mass is 340 g/mol. The first kappa shape index (κ1) is 15.9. The second-order valence-corrected chi connectivity index (χ2v) is 6.61. The lowest BCUT2D eigenvalue weighted by Gasteiger charge is -2.11. The van der Waals surface area contributed by atoms with Crippen LogP contribution in [0.1, 0.15) is 11.3 Å². The minimum Gasteiger partial charge on any atom is -0.310 e. The van der Waals surface area contributed by atoms with Crippen molar-refractivity contribution in [2.24, 2.45) is 0 Å². The third-order valence-electron chi connectivity index (χ3n) is 3.52. The van der Waals surface area contributed by atoms with Gasteiger partial charge in [-0.25, -0.2) is 4.98 Å². The molecule has 0 saturated carbocycles. The van der Waals surface area contributed by atoms with Crippen LogP contribution in [0.3, 0.4) is 0 Å². The maximum atomic E-state index is 6.30. The molecule has 1 aromatic heterocycles. The van der Waals surface area contributed by atoms with Gasteiger partial charge >= 0.3 is 0 Å². The Labute approximate surface area is 146 Å². The summed E-state index contributed by atoms with van der Waals surface area (Å²) in [7, 11) is 0. The Morgan fingerprint density at radius 1 is 0.913 bits per heavy atom. The highest BCUT2D eigenvalue weighted by Crippen LogP contribution is 2.32. The zero-order valence-corrected chi connectivity index (χ0v) is 14.6. The SMILES string of the molecule is Cc1cccc(NSc2ccc(-c3ccccc3Cl)c(C)c2)n1. The van der Waals surface area contributed by atoms with E-state index in [-0.39, 0.29) is 0 Å². The lowest BCUT2D eigenvalue weighted by atomic mass is 10.0. The molecule has 0 saturated heterocycles. The third kappa shape index (κ3) is 3.87. The molecule has 0 fully saturated rings. The van der Waals surface area contributed by atoms with E-state index in [2.05, 4.69) is 34.8 Å². The Balaban J connectivity index is 1.78. The van der Waals surface area contributed by atoms with Crippen molar-refractivity contribution in [3.8, 4) is 11.1 Å². The van der Waals surface area contributed by atoms with E-state index in [0.29, 0.717) is 0 Å². The van der Waals surface area contributed by atoms with Crippen molar-refractivity contribution in [3.63, 3.8) is 0 Å². The van der Waals surface area contributed by atoms with Gasteiger partial charge in [-0.2, -0.15) is 0 Å². The van der Waals surface area contributed by atoms with Crippen LogP contribution in [0.15, 0.2) is 65.6 Å². The maximum Gasteiger partial charge on any atom is 0.136 e. The fourth-order valence-electron chi connectivity index (χ4n) is 2.39. The first-order valence-electron chi connectivity index (χ1n) is 7.35. The summed E-state index contributed by atoms with van der Waals surface area (Å²) in [6, 6.07) is 20.2. The minimum absolute atomic E-state index is 0.776. The van der Waals surface area contributed by atoms with E-state index in [0.717, 1.165) is 32.6 Å². The van der Waals surface area contributed by atoms with E-state index in [1.165, 1.54) is 5.56 Å². The average Bonchev–Trinajstić information content (AvgIpc) is 2.54. The van der Waals surface area contributed by atoms with E-state index < -0.39 is 0 Å². The number of rotatable bonds is 4. The number of nitrogens with one attached hydrogen (secondary N) is 1. The lowest BCUT2D eigenvalue weighted by molar-refractivity contribution is 1.21. The van der Waals surface area contributed by atoms with Gasteiger partial charge in [-0.15, -0.1) is 0 Å². The summed E-state index contributed by atoms with van der Waals surface area (Å²) < 4.78 is 3.28. The van der Waals surface area contributed by atoms with Gasteiger partial charge in [-0.1, -0.05) is 41.9 Å². The molecule has 0 aliphatic carbocycles. The molecule has 0 aliphatic heterocycles. The molecular formula is C19H17ClN2S. The van der Waals surface area contributed by atoms with Crippen molar-refractivity contribution in [2.75, 3.05) is 4.72 Å². The molecule has 0 spiro atoms. The molecule has 0 atom stereocenters. The van der Waals surface area contributed by atoms with E-state index >= 15 is 0 Å². The number of aryl methyl sites for hydroxylation is 2. The first-order valence-corrected chi connectivity index (χ1v) is 8.55. The van der Waals surface area contributed by atoms with Crippen molar-refractivity contribution < 1.29 is 0 Å². The van der Waals surface area contributed by atoms with Crippen molar-refractivity contribution in [2.45, 2.75) is 18.7 Å². The summed E-state index contributed by atoms with van der Waals surface area (Å²) in [5.74, 6) is 0.864. The summed E-state index contributed by atoms with van der Waals surface area (Å²) >= 11 is 7.86. The number of hydrogen-bond donors (Lipinski definition) is 1. The quantitative estimate of drug-likeness (QED) is 0.577. The summed E-state index contributed by atoms with van der Waals surface area (Å²) in [5, 5.41) is 0.776. The number of anilines is 1. The van der Waals surface area contributed by atoms with Crippen molar-refractivity contribution in [1.82, 2.24) is 4.98 Å². The van der Waals surface area contributed by atoms with Crippen LogP contribution in [-0.4, -0.2) is 4.98 Å². The van der Waals surface area contributed by atoms with E-state index in [1.807, 2.05) is 49.4 Å². The van der Waals surface area contributed by atoms with Crippen LogP contribution in [0.2, 0.25) is 5.02 Å². The highest BCUT2D eigenvalue weighted by molar-refractivity contribution is 8.00. The van der Waals surface area contributed by atoms with Crippen LogP contribution in [0.25, 0.3) is 11.1 Å². The fourth-order valence-corrected chi connectivity index (χ4v) is 3.34. The molecule has 0 aliphatic rings. The predicted molar refractivity (Wildman–Crippen MR) is 100 cm³/mol. The highest BCUT2D eigenvalue weighted by Gasteiger charge is 2.07. The van der Waals surface area contributed by atoms with Crippen LogP contribution in [0, 0.1) is 13.8 Å². The van der Waals surface area contributed by atoms with Gasteiger partial charge in [0.05, 0.1) is 0 Å². The van der Waals surface area contributed by atoms with Gasteiger partial charge in [0, 0.05) is 21.2 Å². The molecule has 1 N–H and O–H groups in total. The molecule has 23 heavy (non-hydrogen) atoms. The van der Waals surface area contributed by atoms with Crippen LogP contribution in [-0.2, 0) is 0 Å². The van der Waals surface area contributed by atoms with Gasteiger partial charge in [0.25, 0.3) is 0 Å². The second kappa shape index (κ2) is 7.07. The summed E-state index contributed by atoms with van der Waals surface area (Å²) in [6.45, 7) is 4.09. The molecule has 0 bridgehead atoms. The molecular weight excluding hydrogens is 324 g/mol. The van der Waals surface area contributed by atoms with E-state index in [1.54, 1.807) is 11.9 Å². The van der Waals surface area contributed by atoms with Crippen LogP contribution in [0.5, 0.6) is 0 Å². The Morgan fingerprint density at radius 3 is 2.48 bits per heavy atom. The Hall–Kier alpha value is -1.97. The number of aromatic nitrogens is 1. The number of nitrogens with zero attached hydrogens (tertiary/aromatic N) is 1. The Morgan fingerprint density at radius 2 is 1.74 bits per heavy atom. The molecule has 3 rings (SSSR count). The standard InChI is InChI=1S/C19H17ClN2S/c1-13-12-15(23-22-19-9-5-6-14(2)21-19)10-11-16(13)17-7-3-4-8-18(17)20/h3-12H,1-2H3,(H,21,22). The molecule has 2 nitrogen and oxygen atoms in total. The number of pyridine rings is 1. The molecule has 0 radical (unpaired) electrons. The normalized spacial score (nSPS) is 10.6. The first-order chi connectivity index (χ1) is 11.1. The van der Waals surface area contributed by atoms with Gasteiger partial charge in [0.2, 0.25) is 0 Å². The average molecular weight is 341 g/mol. The topological polar surface area (TPSA) is 24.9 Å². The van der Waals surface area contributed by atoms with E-state index in [4.69, 9.17) is 11.6 Å². The Bertz CT molecular complexity index is 833. The second-order valence-electron chi connectivity index (χ2n) is 5.32. The van der Waals surface area contributed by atoms with Crippen LogP contribution >= 0.6 is 23.5 Å². The van der Waals surface area contributed by atoms with Gasteiger partial charge < -0.3 is 4.72 Å². The van der Waals surface area contributed by atoms with Crippen LogP contribution < -0.4 is 4.72 Å². The van der Waals surface area contributed by atoms with Gasteiger partial charge in [-0.05, 0) is 67.3 Å². The third-order valence-corrected chi connectivity index (χ3v) is 4.65. The molecule has 116 valence electrons. The largest absolute Gasteiger partial charge is 0.310 e. The lowest BCUT2D eigenvalue weighted by Crippen LogP contribution is -1.92. The number of hydrogen-bond acceptors (Lipinski definition) is 3. The summed E-state index contributed by atoms with van der Waals surface area (Å²) in [4.78, 5) is 5.58. The molecule has 1 heterocycles. The molecule has 4 heteroatoms. The summed E-state index contributed by atoms with van der Waals surface area (Å²) in [5.41, 5.74) is 4.42. The van der Waals surface area contributed by atoms with Crippen molar-refractivity contribution >= 4 is 29.4 Å². The smallest absolute Gasteiger partial charge is 0.136 e. The van der Waals surface area contributed by atoms with Crippen LogP contribution in [0.4, 0.5) is 5.82 Å². The van der Waals surface area contributed by atoms with Gasteiger partial charge in [0.15, 0.2) is 0 Å². The summed E-state index contributed by atoms with van der Waals surface area (Å²) in [6.07, 6.45) is 0. The fraction of sp³-hybridized carbons (Fsp3) is 0.105. The molecule has 2 aromatic carbocycles. The van der Waals surface area contributed by atoms with Crippen molar-refractivity contribution in [3.05, 3.63) is 76.9 Å². The Kier molecular flexibility index (Phi) is 4.89. The number of benzene rings is 2. The maximum absolute atomic E-state index is 6.30. The zero-order valence-electron chi connectivity index (χ0n) is 13.0. The minimum atomic E-state index is 0.776.